The van der Waals surface area contributed by atoms with Crippen LogP contribution in [0.5, 0.6) is 0 Å². The van der Waals surface area contributed by atoms with Crippen molar-refractivity contribution in [2.75, 3.05) is 0 Å². The van der Waals surface area contributed by atoms with Crippen molar-refractivity contribution in [2.45, 2.75) is 40.0 Å². The van der Waals surface area contributed by atoms with Gasteiger partial charge in [-0.3, -0.25) is 0 Å². The van der Waals surface area contributed by atoms with E-state index in [1.807, 2.05) is 0 Å². The van der Waals surface area contributed by atoms with Crippen molar-refractivity contribution in [3.8, 4) is 0 Å². The summed E-state index contributed by atoms with van der Waals surface area (Å²) in [6, 6.07) is 4.43. The van der Waals surface area contributed by atoms with Crippen LogP contribution >= 0.6 is 0 Å². The molecule has 0 saturated heterocycles. The SMILES string of the molecule is [CH2]CCCc1c(C)ccc(C)c1C. The zero-order valence-electron chi connectivity index (χ0n) is 8.98. The van der Waals surface area contributed by atoms with E-state index in [0.717, 1.165) is 6.42 Å². The van der Waals surface area contributed by atoms with E-state index in [-0.39, 0.29) is 0 Å². The Bertz CT molecular complexity index is 284. The third-order valence-corrected chi connectivity index (χ3v) is 2.78. The van der Waals surface area contributed by atoms with E-state index in [2.05, 4.69) is 39.8 Å². The van der Waals surface area contributed by atoms with E-state index in [1.54, 1.807) is 0 Å². The Kier molecular flexibility index (Phi) is 3.53. The van der Waals surface area contributed by atoms with Gasteiger partial charge < -0.3 is 0 Å². The Morgan fingerprint density at radius 1 is 1.08 bits per heavy atom. The van der Waals surface area contributed by atoms with Crippen LogP contribution in [0.15, 0.2) is 12.1 Å². The molecule has 0 unspecified atom stereocenters. The minimum absolute atomic E-state index is 1.03. The van der Waals surface area contributed by atoms with Gasteiger partial charge >= 0.3 is 0 Å². The Labute approximate surface area is 82.0 Å². The molecule has 0 spiro atoms. The number of rotatable bonds is 3. The molecule has 0 aliphatic rings. The maximum absolute atomic E-state index is 3.88. The van der Waals surface area contributed by atoms with Gasteiger partial charge in [0.05, 0.1) is 0 Å². The quantitative estimate of drug-likeness (QED) is 0.656. The van der Waals surface area contributed by atoms with Crippen LogP contribution in [0.4, 0.5) is 0 Å². The molecular weight excluding hydrogens is 156 g/mol. The average molecular weight is 175 g/mol. The van der Waals surface area contributed by atoms with Gasteiger partial charge in [0, 0.05) is 0 Å². The molecule has 0 aliphatic carbocycles. The summed E-state index contributed by atoms with van der Waals surface area (Å²) in [6.07, 6.45) is 3.42. The van der Waals surface area contributed by atoms with Crippen molar-refractivity contribution in [2.24, 2.45) is 0 Å². The molecule has 0 bridgehead atoms. The van der Waals surface area contributed by atoms with Crippen molar-refractivity contribution in [3.63, 3.8) is 0 Å². The summed E-state index contributed by atoms with van der Waals surface area (Å²) >= 11 is 0. The third-order valence-electron chi connectivity index (χ3n) is 2.78. The van der Waals surface area contributed by atoms with Crippen LogP contribution in [-0.4, -0.2) is 0 Å². The van der Waals surface area contributed by atoms with Crippen LogP contribution in [0.2, 0.25) is 0 Å². The third kappa shape index (κ3) is 2.33. The fraction of sp³-hybridized carbons (Fsp3) is 0.462. The number of hydrogen-bond donors (Lipinski definition) is 0. The van der Waals surface area contributed by atoms with Crippen molar-refractivity contribution >= 4 is 0 Å². The lowest BCUT2D eigenvalue weighted by molar-refractivity contribution is 0.828. The lowest BCUT2D eigenvalue weighted by Gasteiger charge is -2.11. The molecule has 0 amide bonds. The first kappa shape index (κ1) is 10.3. The smallest absolute Gasteiger partial charge is 0.0274 e. The van der Waals surface area contributed by atoms with Crippen LogP contribution in [-0.2, 0) is 6.42 Å². The molecule has 71 valence electrons. The van der Waals surface area contributed by atoms with Crippen LogP contribution < -0.4 is 0 Å². The lowest BCUT2D eigenvalue weighted by Crippen LogP contribution is -1.96. The topological polar surface area (TPSA) is 0 Å². The monoisotopic (exact) mass is 175 g/mol. The fourth-order valence-corrected chi connectivity index (χ4v) is 1.70. The molecule has 1 aromatic rings. The number of unbranched alkanes of at least 4 members (excludes halogenated alkanes) is 1. The standard InChI is InChI=1S/C13H19/c1-5-6-7-13-11(3)9-8-10(2)12(13)4/h8-9H,1,5-7H2,2-4H3. The molecule has 0 heterocycles. The maximum atomic E-state index is 3.88. The second-order valence-corrected chi connectivity index (χ2v) is 3.76. The number of hydrogen-bond acceptors (Lipinski definition) is 0. The minimum atomic E-state index is 1.03. The molecule has 1 aromatic carbocycles. The highest BCUT2D eigenvalue weighted by molar-refractivity contribution is 5.39. The van der Waals surface area contributed by atoms with Gasteiger partial charge in [0.2, 0.25) is 0 Å². The van der Waals surface area contributed by atoms with Crippen LogP contribution in [0, 0.1) is 27.7 Å². The molecule has 0 aliphatic heterocycles. The Morgan fingerprint density at radius 3 is 2.31 bits per heavy atom. The molecule has 0 saturated carbocycles. The summed E-state index contributed by atoms with van der Waals surface area (Å²) in [7, 11) is 0. The molecule has 1 radical (unpaired) electrons. The van der Waals surface area contributed by atoms with E-state index in [4.69, 9.17) is 0 Å². The van der Waals surface area contributed by atoms with Gasteiger partial charge in [-0.2, -0.15) is 0 Å². The highest BCUT2D eigenvalue weighted by Gasteiger charge is 2.03. The summed E-state index contributed by atoms with van der Waals surface area (Å²) in [6.45, 7) is 10.5. The Morgan fingerprint density at radius 2 is 1.69 bits per heavy atom. The largest absolute Gasteiger partial charge is 0.0588 e. The van der Waals surface area contributed by atoms with E-state index in [1.165, 1.54) is 35.1 Å². The molecule has 0 atom stereocenters. The van der Waals surface area contributed by atoms with E-state index in [0.29, 0.717) is 0 Å². The zero-order valence-corrected chi connectivity index (χ0v) is 8.98. The molecule has 13 heavy (non-hydrogen) atoms. The number of aryl methyl sites for hydroxylation is 2. The lowest BCUT2D eigenvalue weighted by atomic mass is 9.95. The zero-order chi connectivity index (χ0) is 9.84. The summed E-state index contributed by atoms with van der Waals surface area (Å²) in [5, 5.41) is 0. The van der Waals surface area contributed by atoms with Crippen molar-refractivity contribution in [1.29, 1.82) is 0 Å². The van der Waals surface area contributed by atoms with Gasteiger partial charge in [-0.05, 0) is 55.9 Å². The highest BCUT2D eigenvalue weighted by atomic mass is 14.1. The van der Waals surface area contributed by atoms with Crippen LogP contribution in [0.1, 0.15) is 35.1 Å². The predicted molar refractivity (Wildman–Crippen MR) is 58.9 cm³/mol. The van der Waals surface area contributed by atoms with Crippen molar-refractivity contribution in [1.82, 2.24) is 0 Å². The molecule has 0 aromatic heterocycles. The summed E-state index contributed by atoms with van der Waals surface area (Å²) in [5.74, 6) is 0. The molecule has 0 fully saturated rings. The fourth-order valence-electron chi connectivity index (χ4n) is 1.70. The summed E-state index contributed by atoms with van der Waals surface area (Å²) in [4.78, 5) is 0. The van der Waals surface area contributed by atoms with Crippen molar-refractivity contribution < 1.29 is 0 Å². The molecule has 0 nitrogen and oxygen atoms in total. The first-order chi connectivity index (χ1) is 6.16. The van der Waals surface area contributed by atoms with E-state index < -0.39 is 0 Å². The van der Waals surface area contributed by atoms with Crippen LogP contribution in [0.25, 0.3) is 0 Å². The number of benzene rings is 1. The van der Waals surface area contributed by atoms with Gasteiger partial charge in [0.25, 0.3) is 0 Å². The van der Waals surface area contributed by atoms with Gasteiger partial charge in [-0.1, -0.05) is 25.5 Å². The Balaban J connectivity index is 2.96. The van der Waals surface area contributed by atoms with E-state index >= 15 is 0 Å². The average Bonchev–Trinajstić information content (AvgIpc) is 2.12. The first-order valence-corrected chi connectivity index (χ1v) is 5.01. The second kappa shape index (κ2) is 4.45. The van der Waals surface area contributed by atoms with Gasteiger partial charge in [0.15, 0.2) is 0 Å². The predicted octanol–water partition coefficient (Wildman–Crippen LogP) is 3.77. The molecular formula is C13H19. The molecule has 0 N–H and O–H groups in total. The van der Waals surface area contributed by atoms with E-state index in [9.17, 15) is 0 Å². The van der Waals surface area contributed by atoms with Gasteiger partial charge in [-0.15, -0.1) is 0 Å². The molecule has 1 rings (SSSR count). The second-order valence-electron chi connectivity index (χ2n) is 3.76. The summed E-state index contributed by atoms with van der Waals surface area (Å²) in [5.41, 5.74) is 5.83. The molecule has 0 heteroatoms. The normalized spacial score (nSPS) is 10.5. The van der Waals surface area contributed by atoms with Gasteiger partial charge in [-0.25, -0.2) is 0 Å². The van der Waals surface area contributed by atoms with Crippen LogP contribution in [0.3, 0.4) is 0 Å². The van der Waals surface area contributed by atoms with Gasteiger partial charge in [0.1, 0.15) is 0 Å². The minimum Gasteiger partial charge on any atom is -0.0588 e. The first-order valence-electron chi connectivity index (χ1n) is 5.01. The maximum Gasteiger partial charge on any atom is -0.0274 e. The van der Waals surface area contributed by atoms with Crippen molar-refractivity contribution in [3.05, 3.63) is 41.3 Å². The summed E-state index contributed by atoms with van der Waals surface area (Å²) < 4.78 is 0. The Hall–Kier alpha value is -0.780. The highest BCUT2D eigenvalue weighted by Crippen LogP contribution is 2.19.